The summed E-state index contributed by atoms with van der Waals surface area (Å²) in [7, 11) is 0. The number of piperazine rings is 1. The Hall–Kier alpha value is -0.424. The summed E-state index contributed by atoms with van der Waals surface area (Å²) in [5, 5.41) is 15.0. The number of benzene rings is 2. The summed E-state index contributed by atoms with van der Waals surface area (Å²) >= 11 is 1.69. The van der Waals surface area contributed by atoms with Crippen LogP contribution in [0.4, 0.5) is 11.4 Å². The molecule has 1 aliphatic heterocycles. The molecule has 0 saturated carbocycles. The van der Waals surface area contributed by atoms with Crippen molar-refractivity contribution in [2.45, 2.75) is 12.3 Å². The van der Waals surface area contributed by atoms with Gasteiger partial charge in [0.05, 0.1) is 0 Å². The van der Waals surface area contributed by atoms with E-state index in [4.69, 9.17) is 5.11 Å². The number of rotatable bonds is 4. The first-order valence-corrected chi connectivity index (χ1v) is 9.69. The first-order chi connectivity index (χ1) is 12.7. The summed E-state index contributed by atoms with van der Waals surface area (Å²) in [6, 6.07) is 15.7. The molecule has 2 aromatic carbocycles. The summed E-state index contributed by atoms with van der Waals surface area (Å²) in [6.07, 6.45) is 2.04. The van der Waals surface area contributed by atoms with Crippen LogP contribution < -0.4 is 77.8 Å². The van der Waals surface area contributed by atoms with E-state index in [0.717, 1.165) is 31.9 Å². The summed E-state index contributed by atoms with van der Waals surface area (Å²) in [5.41, 5.74) is 6.96. The average molecular weight is 429 g/mol. The van der Waals surface area contributed by atoms with Crippen LogP contribution >= 0.6 is 11.8 Å². The van der Waals surface area contributed by atoms with E-state index in [2.05, 4.69) is 21.3 Å². The number of carbonyl (C=O) groups is 1. The molecule has 4 N–H and O–H groups in total. The van der Waals surface area contributed by atoms with Crippen molar-refractivity contribution in [2.75, 3.05) is 49.4 Å². The number of amides is 1. The maximum absolute atomic E-state index is 12.3. The Morgan fingerprint density at radius 3 is 2.18 bits per heavy atom. The number of hydrogen-bond donors (Lipinski definition) is 3. The Morgan fingerprint density at radius 1 is 1.14 bits per heavy atom. The number of nitrogens with one attached hydrogen (secondary N) is 2. The van der Waals surface area contributed by atoms with E-state index in [-0.39, 0.29) is 64.7 Å². The fraction of sp³-hybridized carbons (Fsp3) is 0.350. The Labute approximate surface area is 215 Å². The first-order valence-electron chi connectivity index (χ1n) is 8.47. The second kappa shape index (κ2) is 15.4. The fourth-order valence-electron chi connectivity index (χ4n) is 2.62. The minimum absolute atomic E-state index is 0. The zero-order valence-corrected chi connectivity index (χ0v) is 19.8. The normalized spacial score (nSPS) is 12.6. The molecule has 28 heavy (non-hydrogen) atoms. The topological polar surface area (TPSA) is 93.5 Å². The molecule has 1 heterocycles. The molecule has 1 fully saturated rings. The van der Waals surface area contributed by atoms with E-state index >= 15 is 0 Å². The molecule has 148 valence electrons. The standard InChI is InChI=1S/C18H21N3OS.CH4NO.CH4.K/c1-23-17-8-4-15(5-9-17)20-18(22)14-2-6-16(7-3-14)21-12-10-19-11-13-21;2-1-3;;/h2-9,19H,10-13H2,1H3,(H,20,22);1-2H2;1H4;/q;-1;;+1. The minimum Gasteiger partial charge on any atom is -0.843 e. The van der Waals surface area contributed by atoms with Crippen molar-refractivity contribution >= 4 is 29.0 Å². The van der Waals surface area contributed by atoms with Crippen LogP contribution in [0.2, 0.25) is 0 Å². The van der Waals surface area contributed by atoms with Crippen LogP contribution in [0.5, 0.6) is 0 Å². The van der Waals surface area contributed by atoms with E-state index in [1.54, 1.807) is 11.8 Å². The van der Waals surface area contributed by atoms with Gasteiger partial charge in [-0.1, -0.05) is 14.2 Å². The second-order valence-corrected chi connectivity index (χ2v) is 6.51. The van der Waals surface area contributed by atoms with Gasteiger partial charge >= 0.3 is 51.4 Å². The van der Waals surface area contributed by atoms with Crippen LogP contribution in [0.3, 0.4) is 0 Å². The molecule has 8 heteroatoms. The molecule has 1 saturated heterocycles. The summed E-state index contributed by atoms with van der Waals surface area (Å²) < 4.78 is 0. The molecule has 1 amide bonds. The maximum Gasteiger partial charge on any atom is 1.00 e. The molecule has 0 bridgehead atoms. The van der Waals surface area contributed by atoms with Crippen LogP contribution in [0.1, 0.15) is 17.8 Å². The fourth-order valence-corrected chi connectivity index (χ4v) is 3.03. The Kier molecular flexibility index (Phi) is 15.2. The van der Waals surface area contributed by atoms with E-state index in [1.165, 1.54) is 10.6 Å². The molecule has 0 spiro atoms. The van der Waals surface area contributed by atoms with Crippen molar-refractivity contribution in [3.05, 3.63) is 54.1 Å². The van der Waals surface area contributed by atoms with Gasteiger partial charge < -0.3 is 26.4 Å². The second-order valence-electron chi connectivity index (χ2n) is 5.63. The van der Waals surface area contributed by atoms with Crippen LogP contribution in [0.15, 0.2) is 53.4 Å². The molecule has 0 aromatic heterocycles. The third-order valence-electron chi connectivity index (χ3n) is 3.96. The smallest absolute Gasteiger partial charge is 0.843 e. The Balaban J connectivity index is 0.00000137. The van der Waals surface area contributed by atoms with Gasteiger partial charge in [0, 0.05) is 48.0 Å². The van der Waals surface area contributed by atoms with Crippen molar-refractivity contribution in [3.8, 4) is 0 Å². The van der Waals surface area contributed by atoms with Crippen molar-refractivity contribution < 1.29 is 61.3 Å². The van der Waals surface area contributed by atoms with Crippen LogP contribution in [-0.2, 0) is 0 Å². The van der Waals surface area contributed by atoms with Gasteiger partial charge in [-0.3, -0.25) is 4.79 Å². The van der Waals surface area contributed by atoms with Crippen LogP contribution in [-0.4, -0.2) is 45.1 Å². The largest absolute Gasteiger partial charge is 1.00 e. The molecular weight excluding hydrogens is 399 g/mol. The van der Waals surface area contributed by atoms with Gasteiger partial charge in [0.2, 0.25) is 0 Å². The number of nitrogens with zero attached hydrogens (tertiary/aromatic N) is 1. The number of anilines is 2. The first kappa shape index (κ1) is 27.6. The van der Waals surface area contributed by atoms with Gasteiger partial charge in [0.15, 0.2) is 0 Å². The van der Waals surface area contributed by atoms with Gasteiger partial charge in [-0.05, 0) is 54.8 Å². The van der Waals surface area contributed by atoms with Crippen molar-refractivity contribution in [3.63, 3.8) is 0 Å². The monoisotopic (exact) mass is 428 g/mol. The molecule has 3 rings (SSSR count). The quantitative estimate of drug-likeness (QED) is 0.328. The van der Waals surface area contributed by atoms with Crippen molar-refractivity contribution in [2.24, 2.45) is 5.73 Å². The van der Waals surface area contributed by atoms with E-state index in [0.29, 0.717) is 5.56 Å². The summed E-state index contributed by atoms with van der Waals surface area (Å²) in [6.45, 7) is 3.53. The van der Waals surface area contributed by atoms with Gasteiger partial charge in [-0.15, -0.1) is 11.8 Å². The summed E-state index contributed by atoms with van der Waals surface area (Å²) in [4.78, 5) is 15.8. The van der Waals surface area contributed by atoms with E-state index in [9.17, 15) is 4.79 Å². The molecule has 2 aromatic rings. The molecule has 0 atom stereocenters. The van der Waals surface area contributed by atoms with Gasteiger partial charge in [0.1, 0.15) is 0 Å². The number of carbonyl (C=O) groups excluding carboxylic acids is 1. The predicted octanol–water partition coefficient (Wildman–Crippen LogP) is -1.03. The maximum atomic E-state index is 12.3. The average Bonchev–Trinajstić information content (AvgIpc) is 2.70. The SMILES string of the molecule is C.CSc1ccc(NC(=O)c2ccc(N3CCNCC3)cc2)cc1.NC[O-].[K+]. The third-order valence-corrected chi connectivity index (χ3v) is 4.70. The van der Waals surface area contributed by atoms with Crippen LogP contribution in [0, 0.1) is 0 Å². The Bertz CT molecular complexity index is 678. The number of nitrogens with two attached hydrogens (primary N) is 1. The van der Waals surface area contributed by atoms with Crippen LogP contribution in [0.25, 0.3) is 0 Å². The van der Waals surface area contributed by atoms with Crippen molar-refractivity contribution in [1.29, 1.82) is 0 Å². The van der Waals surface area contributed by atoms with Gasteiger partial charge in [0.25, 0.3) is 5.91 Å². The van der Waals surface area contributed by atoms with Gasteiger partial charge in [-0.25, -0.2) is 0 Å². The molecule has 0 radical (unpaired) electrons. The molecule has 1 aliphatic rings. The molecule has 0 aliphatic carbocycles. The van der Waals surface area contributed by atoms with Crippen molar-refractivity contribution in [1.82, 2.24) is 5.32 Å². The summed E-state index contributed by atoms with van der Waals surface area (Å²) in [5.74, 6) is -0.0752. The number of hydrogen-bond acceptors (Lipinski definition) is 6. The van der Waals surface area contributed by atoms with E-state index in [1.807, 2.05) is 54.8 Å². The molecular formula is C20H29KN4O2S. The zero-order chi connectivity index (χ0) is 18.8. The Morgan fingerprint density at radius 2 is 1.68 bits per heavy atom. The molecule has 0 unspecified atom stereocenters. The third kappa shape index (κ3) is 8.94. The van der Waals surface area contributed by atoms with Gasteiger partial charge in [-0.2, -0.15) is 0 Å². The predicted molar refractivity (Wildman–Crippen MR) is 113 cm³/mol. The van der Waals surface area contributed by atoms with E-state index < -0.39 is 6.73 Å². The number of thioether (sulfide) groups is 1. The minimum atomic E-state index is -0.500. The zero-order valence-electron chi connectivity index (χ0n) is 15.9. The molecule has 6 nitrogen and oxygen atoms in total.